The summed E-state index contributed by atoms with van der Waals surface area (Å²) in [7, 11) is 0. The summed E-state index contributed by atoms with van der Waals surface area (Å²) in [5, 5.41) is 12.1. The quantitative estimate of drug-likeness (QED) is 0.733. The van der Waals surface area contributed by atoms with Crippen molar-refractivity contribution in [2.24, 2.45) is 0 Å². The highest BCUT2D eigenvalue weighted by atomic mass is 16.4. The topological polar surface area (TPSA) is 95.7 Å². The van der Waals surface area contributed by atoms with E-state index >= 15 is 0 Å². The minimum absolute atomic E-state index is 0.0568. The van der Waals surface area contributed by atoms with Crippen LogP contribution in [0.25, 0.3) is 0 Å². The van der Waals surface area contributed by atoms with E-state index in [4.69, 9.17) is 5.73 Å². The number of nitrogens with two attached hydrogens (primary N) is 1. The first-order chi connectivity index (χ1) is 10.1. The van der Waals surface area contributed by atoms with Gasteiger partial charge in [0.1, 0.15) is 6.54 Å². The molecule has 6 heteroatoms. The maximum absolute atomic E-state index is 11.8. The van der Waals surface area contributed by atoms with Crippen molar-refractivity contribution >= 4 is 34.6 Å². The van der Waals surface area contributed by atoms with Gasteiger partial charge in [0.2, 0.25) is 5.91 Å². The molecule has 0 atom stereocenters. The number of carboxylic acid groups (broad SMARTS) is 1. The Morgan fingerprint density at radius 2 is 1.95 bits per heavy atom. The Balaban J connectivity index is 2.17. The normalized spacial score (nSPS) is 13.5. The molecule has 2 aromatic carbocycles. The highest BCUT2D eigenvalue weighted by molar-refractivity contribution is 6.05. The molecule has 0 unspecified atom stereocenters. The largest absolute Gasteiger partial charge is 0.478 e. The SMILES string of the molecule is Nc1ccc(N2CC(=O)Nc3ccccc32)c(C(=O)O)c1. The number of anilines is 4. The van der Waals surface area contributed by atoms with Crippen LogP contribution in [0.2, 0.25) is 0 Å². The van der Waals surface area contributed by atoms with E-state index < -0.39 is 5.97 Å². The fourth-order valence-corrected chi connectivity index (χ4v) is 2.41. The summed E-state index contributed by atoms with van der Waals surface area (Å²) in [6, 6.07) is 11.9. The summed E-state index contributed by atoms with van der Waals surface area (Å²) in [5.74, 6) is -1.28. The fourth-order valence-electron chi connectivity index (χ4n) is 2.41. The predicted octanol–water partition coefficient (Wildman–Crippen LogP) is 2.06. The highest BCUT2D eigenvalue weighted by Crippen LogP contribution is 2.36. The van der Waals surface area contributed by atoms with Gasteiger partial charge < -0.3 is 21.1 Å². The molecule has 0 fully saturated rings. The lowest BCUT2D eigenvalue weighted by Gasteiger charge is -2.31. The molecule has 2 aromatic rings. The maximum Gasteiger partial charge on any atom is 0.337 e. The number of hydrogen-bond acceptors (Lipinski definition) is 4. The third kappa shape index (κ3) is 2.27. The van der Waals surface area contributed by atoms with Gasteiger partial charge >= 0.3 is 5.97 Å². The Morgan fingerprint density at radius 3 is 2.71 bits per heavy atom. The second-order valence-corrected chi connectivity index (χ2v) is 4.73. The Labute approximate surface area is 120 Å². The number of fused-ring (bicyclic) bond motifs is 1. The maximum atomic E-state index is 11.8. The number of rotatable bonds is 2. The zero-order chi connectivity index (χ0) is 15.0. The van der Waals surface area contributed by atoms with E-state index in [-0.39, 0.29) is 18.0 Å². The van der Waals surface area contributed by atoms with Crippen LogP contribution in [0, 0.1) is 0 Å². The zero-order valence-corrected chi connectivity index (χ0v) is 11.0. The highest BCUT2D eigenvalue weighted by Gasteiger charge is 2.26. The number of nitrogens with zero attached hydrogens (tertiary/aromatic N) is 1. The molecule has 0 bridgehead atoms. The minimum atomic E-state index is -1.08. The van der Waals surface area contributed by atoms with Crippen LogP contribution in [0.15, 0.2) is 42.5 Å². The summed E-state index contributed by atoms with van der Waals surface area (Å²) in [6.07, 6.45) is 0. The Kier molecular flexibility index (Phi) is 2.98. The Bertz CT molecular complexity index is 743. The number of aromatic carboxylic acids is 1. The fraction of sp³-hybridized carbons (Fsp3) is 0.0667. The number of carboxylic acids is 1. The average molecular weight is 283 g/mol. The van der Waals surface area contributed by atoms with E-state index in [2.05, 4.69) is 5.32 Å². The van der Waals surface area contributed by atoms with Gasteiger partial charge in [0.15, 0.2) is 0 Å². The summed E-state index contributed by atoms with van der Waals surface area (Å²) >= 11 is 0. The lowest BCUT2D eigenvalue weighted by molar-refractivity contribution is -0.115. The van der Waals surface area contributed by atoms with E-state index in [1.165, 1.54) is 6.07 Å². The molecule has 6 nitrogen and oxygen atoms in total. The minimum Gasteiger partial charge on any atom is -0.478 e. The molecular weight excluding hydrogens is 270 g/mol. The number of benzene rings is 2. The van der Waals surface area contributed by atoms with Crippen molar-refractivity contribution in [3.05, 3.63) is 48.0 Å². The van der Waals surface area contributed by atoms with Crippen molar-refractivity contribution in [1.29, 1.82) is 0 Å². The molecule has 1 aliphatic rings. The molecular formula is C15H13N3O3. The van der Waals surface area contributed by atoms with Gasteiger partial charge in [0, 0.05) is 5.69 Å². The molecule has 0 spiro atoms. The number of nitrogens with one attached hydrogen (secondary N) is 1. The summed E-state index contributed by atoms with van der Waals surface area (Å²) in [6.45, 7) is 0.0568. The van der Waals surface area contributed by atoms with Gasteiger partial charge in [-0.25, -0.2) is 4.79 Å². The smallest absolute Gasteiger partial charge is 0.337 e. The number of nitrogen functional groups attached to an aromatic ring is 1. The summed E-state index contributed by atoms with van der Waals surface area (Å²) in [5.41, 5.74) is 7.94. The summed E-state index contributed by atoms with van der Waals surface area (Å²) < 4.78 is 0. The number of para-hydroxylation sites is 2. The molecule has 0 aromatic heterocycles. The van der Waals surface area contributed by atoms with Gasteiger partial charge in [-0.05, 0) is 30.3 Å². The van der Waals surface area contributed by atoms with Crippen LogP contribution in [0.5, 0.6) is 0 Å². The molecule has 1 heterocycles. The lowest BCUT2D eigenvalue weighted by Crippen LogP contribution is -2.35. The first-order valence-electron chi connectivity index (χ1n) is 6.35. The third-order valence-electron chi connectivity index (χ3n) is 3.31. The van der Waals surface area contributed by atoms with E-state index in [1.54, 1.807) is 23.1 Å². The standard InChI is InChI=1S/C15H13N3O3/c16-9-5-6-12(10(7-9)15(20)21)18-8-14(19)17-11-3-1-2-4-13(11)18/h1-7H,8,16H2,(H,17,19)(H,20,21). The molecule has 4 N–H and O–H groups in total. The van der Waals surface area contributed by atoms with E-state index in [9.17, 15) is 14.7 Å². The molecule has 106 valence electrons. The monoisotopic (exact) mass is 283 g/mol. The van der Waals surface area contributed by atoms with Gasteiger partial charge in [-0.3, -0.25) is 4.79 Å². The summed E-state index contributed by atoms with van der Waals surface area (Å²) in [4.78, 5) is 24.9. The Morgan fingerprint density at radius 1 is 1.19 bits per heavy atom. The molecule has 0 saturated heterocycles. The first-order valence-corrected chi connectivity index (χ1v) is 6.35. The number of carbonyl (C=O) groups excluding carboxylic acids is 1. The van der Waals surface area contributed by atoms with Crippen LogP contribution in [0.3, 0.4) is 0 Å². The second-order valence-electron chi connectivity index (χ2n) is 4.73. The molecule has 1 amide bonds. The third-order valence-corrected chi connectivity index (χ3v) is 3.31. The van der Waals surface area contributed by atoms with Gasteiger partial charge in [-0.15, -0.1) is 0 Å². The molecule has 1 aliphatic heterocycles. The molecule has 3 rings (SSSR count). The van der Waals surface area contributed by atoms with Crippen LogP contribution < -0.4 is 16.0 Å². The van der Waals surface area contributed by atoms with Crippen LogP contribution >= 0.6 is 0 Å². The van der Waals surface area contributed by atoms with Crippen LogP contribution in [-0.4, -0.2) is 23.5 Å². The van der Waals surface area contributed by atoms with Gasteiger partial charge in [0.25, 0.3) is 0 Å². The van der Waals surface area contributed by atoms with Crippen LogP contribution in [0.1, 0.15) is 10.4 Å². The van der Waals surface area contributed by atoms with Gasteiger partial charge in [0.05, 0.1) is 22.6 Å². The van der Waals surface area contributed by atoms with Crippen LogP contribution in [-0.2, 0) is 4.79 Å². The van der Waals surface area contributed by atoms with Crippen molar-refractivity contribution in [2.75, 3.05) is 22.5 Å². The lowest BCUT2D eigenvalue weighted by atomic mass is 10.1. The molecule has 0 radical (unpaired) electrons. The van der Waals surface area contributed by atoms with E-state index in [0.29, 0.717) is 17.1 Å². The van der Waals surface area contributed by atoms with Crippen molar-refractivity contribution in [3.8, 4) is 0 Å². The van der Waals surface area contributed by atoms with E-state index in [1.807, 2.05) is 18.2 Å². The Hall–Kier alpha value is -3.02. The zero-order valence-electron chi connectivity index (χ0n) is 11.0. The second kappa shape index (κ2) is 4.82. The van der Waals surface area contributed by atoms with Crippen molar-refractivity contribution < 1.29 is 14.7 Å². The number of amides is 1. The first kappa shape index (κ1) is 13.0. The van der Waals surface area contributed by atoms with Crippen molar-refractivity contribution in [2.45, 2.75) is 0 Å². The molecule has 0 aliphatic carbocycles. The molecule has 0 saturated carbocycles. The van der Waals surface area contributed by atoms with Crippen LogP contribution in [0.4, 0.5) is 22.7 Å². The number of carbonyl (C=O) groups is 2. The van der Waals surface area contributed by atoms with Gasteiger partial charge in [-0.1, -0.05) is 12.1 Å². The van der Waals surface area contributed by atoms with E-state index in [0.717, 1.165) is 5.69 Å². The molecule has 21 heavy (non-hydrogen) atoms. The van der Waals surface area contributed by atoms with Crippen molar-refractivity contribution in [3.63, 3.8) is 0 Å². The number of hydrogen-bond donors (Lipinski definition) is 3. The van der Waals surface area contributed by atoms with Gasteiger partial charge in [-0.2, -0.15) is 0 Å². The average Bonchev–Trinajstić information content (AvgIpc) is 2.46. The van der Waals surface area contributed by atoms with Crippen molar-refractivity contribution in [1.82, 2.24) is 0 Å². The predicted molar refractivity (Wildman–Crippen MR) is 79.9 cm³/mol.